The molecular weight excluding hydrogens is 102 g/mol. The molecule has 1 aliphatic rings. The molecule has 0 amide bonds. The predicted octanol–water partition coefficient (Wildman–Crippen LogP) is 1.38. The molecule has 0 saturated heterocycles. The van der Waals surface area contributed by atoms with Gasteiger partial charge < -0.3 is 4.84 Å². The second-order valence-corrected chi connectivity index (χ2v) is 1.86. The molecule has 0 aromatic carbocycles. The lowest BCUT2D eigenvalue weighted by Crippen LogP contribution is -1.88. The van der Waals surface area contributed by atoms with Gasteiger partial charge in [0.15, 0.2) is 0 Å². The Hall–Kier alpha value is -0.530. The normalized spacial score (nSPS) is 24.4. The smallest absolute Gasteiger partial charge is 0.106 e. The van der Waals surface area contributed by atoms with Crippen LogP contribution < -0.4 is 0 Å². The van der Waals surface area contributed by atoms with Gasteiger partial charge in [-0.1, -0.05) is 5.16 Å². The monoisotopic (exact) mass is 112 g/mol. The van der Waals surface area contributed by atoms with E-state index in [2.05, 4.69) is 16.4 Å². The lowest BCUT2D eigenvalue weighted by molar-refractivity contribution is 0.213. The molecule has 0 N–H and O–H groups in total. The van der Waals surface area contributed by atoms with Gasteiger partial charge in [-0.3, -0.25) is 0 Å². The number of nitrogens with zero attached hydrogens (tertiary/aromatic N) is 1. The topological polar surface area (TPSA) is 21.6 Å². The van der Waals surface area contributed by atoms with Gasteiger partial charge in [-0.15, -0.1) is 0 Å². The van der Waals surface area contributed by atoms with Crippen molar-refractivity contribution in [3.05, 3.63) is 6.42 Å². The lowest BCUT2D eigenvalue weighted by Gasteiger charge is -1.89. The summed E-state index contributed by atoms with van der Waals surface area (Å²) in [6.45, 7) is 0. The second kappa shape index (κ2) is 2.70. The molecule has 2 heteroatoms. The number of hydrogen-bond acceptors (Lipinski definition) is 2. The van der Waals surface area contributed by atoms with Gasteiger partial charge in [-0.25, -0.2) is 0 Å². The zero-order valence-electron chi connectivity index (χ0n) is 5.05. The molecule has 1 aliphatic carbocycles. The lowest BCUT2D eigenvalue weighted by atomic mass is 10.3. The van der Waals surface area contributed by atoms with Gasteiger partial charge >= 0.3 is 0 Å². The largest absolute Gasteiger partial charge is 0.399 e. The average molecular weight is 112 g/mol. The van der Waals surface area contributed by atoms with E-state index in [4.69, 9.17) is 0 Å². The van der Waals surface area contributed by atoms with E-state index in [1.807, 2.05) is 0 Å². The third-order valence-electron chi connectivity index (χ3n) is 1.23. The number of rotatable bonds is 1. The molecular formula is C6H10NO. The van der Waals surface area contributed by atoms with Gasteiger partial charge in [0.2, 0.25) is 0 Å². The van der Waals surface area contributed by atoms with E-state index in [0.717, 1.165) is 12.1 Å². The van der Waals surface area contributed by atoms with E-state index in [1.54, 1.807) is 7.11 Å². The van der Waals surface area contributed by atoms with Crippen LogP contribution in [-0.4, -0.2) is 12.8 Å². The first-order valence-electron chi connectivity index (χ1n) is 2.86. The minimum Gasteiger partial charge on any atom is -0.399 e. The van der Waals surface area contributed by atoms with E-state index in [0.29, 0.717) is 0 Å². The Balaban J connectivity index is 2.33. The van der Waals surface area contributed by atoms with Crippen molar-refractivity contribution in [3.8, 4) is 0 Å². The van der Waals surface area contributed by atoms with Crippen LogP contribution in [0.5, 0.6) is 0 Å². The molecule has 0 spiro atoms. The van der Waals surface area contributed by atoms with Crippen LogP contribution in [0.4, 0.5) is 0 Å². The molecule has 0 unspecified atom stereocenters. The van der Waals surface area contributed by atoms with Crippen LogP contribution in [0, 0.1) is 6.42 Å². The summed E-state index contributed by atoms with van der Waals surface area (Å²) in [6, 6.07) is 0. The standard InChI is InChI=1S/C6H10NO/c1-8-7-6-4-2-3-5-6/h4H,2-3,5H2,1H3/b7-6+. The summed E-state index contributed by atoms with van der Waals surface area (Å²) < 4.78 is 0. The van der Waals surface area contributed by atoms with Crippen LogP contribution in [0.15, 0.2) is 5.16 Å². The van der Waals surface area contributed by atoms with Crippen LogP contribution in [0.2, 0.25) is 0 Å². The molecule has 1 radical (unpaired) electrons. The molecule has 1 rings (SSSR count). The third kappa shape index (κ3) is 1.22. The first kappa shape index (κ1) is 5.60. The van der Waals surface area contributed by atoms with Gasteiger partial charge in [0.25, 0.3) is 0 Å². The molecule has 1 saturated carbocycles. The molecule has 0 aromatic heterocycles. The van der Waals surface area contributed by atoms with Crippen LogP contribution in [0.1, 0.15) is 19.3 Å². The minimum atomic E-state index is 1.09. The summed E-state index contributed by atoms with van der Waals surface area (Å²) in [7, 11) is 1.58. The van der Waals surface area contributed by atoms with Crippen molar-refractivity contribution in [2.24, 2.45) is 5.16 Å². The molecule has 0 bridgehead atoms. The van der Waals surface area contributed by atoms with Gasteiger partial charge in [-0.05, 0) is 19.3 Å². The number of oxime groups is 1. The van der Waals surface area contributed by atoms with E-state index >= 15 is 0 Å². The van der Waals surface area contributed by atoms with Gasteiger partial charge in [-0.2, -0.15) is 0 Å². The average Bonchev–Trinajstić information content (AvgIpc) is 2.19. The van der Waals surface area contributed by atoms with Crippen LogP contribution in [0.3, 0.4) is 0 Å². The first-order chi connectivity index (χ1) is 3.93. The quantitative estimate of drug-likeness (QED) is 0.469. The van der Waals surface area contributed by atoms with Gasteiger partial charge in [0, 0.05) is 6.42 Å². The van der Waals surface area contributed by atoms with Crippen molar-refractivity contribution >= 4 is 5.71 Å². The number of hydrogen-bond donors (Lipinski definition) is 0. The maximum atomic E-state index is 4.58. The Bertz CT molecular complexity index is 90.7. The molecule has 2 nitrogen and oxygen atoms in total. The molecule has 45 valence electrons. The Morgan fingerprint density at radius 1 is 1.75 bits per heavy atom. The molecule has 0 aliphatic heterocycles. The SMILES string of the molecule is CO/N=C1\[CH]CCC1. The highest BCUT2D eigenvalue weighted by Crippen LogP contribution is 2.12. The Morgan fingerprint density at radius 2 is 2.62 bits per heavy atom. The van der Waals surface area contributed by atoms with Crippen molar-refractivity contribution in [1.29, 1.82) is 0 Å². The summed E-state index contributed by atoms with van der Waals surface area (Å²) in [4.78, 5) is 4.58. The predicted molar refractivity (Wildman–Crippen MR) is 32.6 cm³/mol. The van der Waals surface area contributed by atoms with Crippen molar-refractivity contribution < 1.29 is 4.84 Å². The molecule has 0 heterocycles. The van der Waals surface area contributed by atoms with E-state index in [1.165, 1.54) is 12.8 Å². The maximum Gasteiger partial charge on any atom is 0.106 e. The summed E-state index contributed by atoms with van der Waals surface area (Å²) >= 11 is 0. The zero-order valence-corrected chi connectivity index (χ0v) is 5.05. The van der Waals surface area contributed by atoms with Gasteiger partial charge in [0.05, 0.1) is 5.71 Å². The van der Waals surface area contributed by atoms with Crippen molar-refractivity contribution in [2.45, 2.75) is 19.3 Å². The van der Waals surface area contributed by atoms with Crippen LogP contribution in [0.25, 0.3) is 0 Å². The molecule has 1 fully saturated rings. The Labute approximate surface area is 49.5 Å². The Kier molecular flexibility index (Phi) is 1.89. The highest BCUT2D eigenvalue weighted by Gasteiger charge is 2.07. The van der Waals surface area contributed by atoms with E-state index < -0.39 is 0 Å². The molecule has 0 atom stereocenters. The second-order valence-electron chi connectivity index (χ2n) is 1.86. The highest BCUT2D eigenvalue weighted by molar-refractivity contribution is 5.93. The van der Waals surface area contributed by atoms with Gasteiger partial charge in [0.1, 0.15) is 7.11 Å². The fourth-order valence-electron chi connectivity index (χ4n) is 0.854. The van der Waals surface area contributed by atoms with E-state index in [-0.39, 0.29) is 0 Å². The van der Waals surface area contributed by atoms with Crippen molar-refractivity contribution in [2.75, 3.05) is 7.11 Å². The summed E-state index contributed by atoms with van der Waals surface area (Å²) in [5.41, 5.74) is 1.10. The maximum absolute atomic E-state index is 4.58. The van der Waals surface area contributed by atoms with Crippen LogP contribution in [-0.2, 0) is 4.84 Å². The third-order valence-corrected chi connectivity index (χ3v) is 1.23. The minimum absolute atomic E-state index is 1.09. The molecule has 8 heavy (non-hydrogen) atoms. The van der Waals surface area contributed by atoms with Crippen LogP contribution >= 0.6 is 0 Å². The van der Waals surface area contributed by atoms with E-state index in [9.17, 15) is 0 Å². The van der Waals surface area contributed by atoms with Crippen molar-refractivity contribution in [1.82, 2.24) is 0 Å². The Morgan fingerprint density at radius 3 is 3.12 bits per heavy atom. The summed E-state index contributed by atoms with van der Waals surface area (Å²) in [5, 5.41) is 3.78. The zero-order chi connectivity index (χ0) is 5.82. The highest BCUT2D eigenvalue weighted by atomic mass is 16.6. The summed E-state index contributed by atoms with van der Waals surface area (Å²) in [5.74, 6) is 0. The summed E-state index contributed by atoms with van der Waals surface area (Å²) in [6.07, 6.45) is 5.61. The fraction of sp³-hybridized carbons (Fsp3) is 0.667. The first-order valence-corrected chi connectivity index (χ1v) is 2.86. The molecule has 0 aromatic rings. The van der Waals surface area contributed by atoms with Crippen molar-refractivity contribution in [3.63, 3.8) is 0 Å². The fourth-order valence-corrected chi connectivity index (χ4v) is 0.854.